The van der Waals surface area contributed by atoms with Crippen LogP contribution in [0.4, 0.5) is 0 Å². The lowest BCUT2D eigenvalue weighted by atomic mass is 9.97. The number of amides is 1. The number of aromatic amines is 1. The Labute approximate surface area is 167 Å². The third kappa shape index (κ3) is 3.44. The number of nitrogens with one attached hydrogen (secondary N) is 2. The first-order valence-electron chi connectivity index (χ1n) is 8.78. The van der Waals surface area contributed by atoms with E-state index in [0.717, 1.165) is 16.5 Å². The number of carbonyl (C=O) groups is 1. The summed E-state index contributed by atoms with van der Waals surface area (Å²) < 4.78 is 5.52. The van der Waals surface area contributed by atoms with Crippen LogP contribution in [0.25, 0.3) is 11.0 Å². The maximum absolute atomic E-state index is 13.2. The largest absolute Gasteiger partial charge is 0.496 e. The summed E-state index contributed by atoms with van der Waals surface area (Å²) in [7, 11) is 1.59. The van der Waals surface area contributed by atoms with Crippen LogP contribution in [0.15, 0.2) is 73.1 Å². The highest BCUT2D eigenvalue weighted by molar-refractivity contribution is 6.30. The van der Waals surface area contributed by atoms with Crippen molar-refractivity contribution in [1.82, 2.24) is 15.3 Å². The van der Waals surface area contributed by atoms with Crippen molar-refractivity contribution in [1.29, 1.82) is 0 Å². The topological polar surface area (TPSA) is 67.0 Å². The summed E-state index contributed by atoms with van der Waals surface area (Å²) in [6.07, 6.45) is 3.39. The van der Waals surface area contributed by atoms with Gasteiger partial charge < -0.3 is 15.0 Å². The molecule has 0 spiro atoms. The maximum atomic E-state index is 13.2. The lowest BCUT2D eigenvalue weighted by Crippen LogP contribution is -2.29. The van der Waals surface area contributed by atoms with Gasteiger partial charge in [-0.05, 0) is 29.8 Å². The minimum Gasteiger partial charge on any atom is -0.496 e. The molecule has 1 atom stereocenters. The van der Waals surface area contributed by atoms with Crippen molar-refractivity contribution in [3.05, 3.63) is 94.8 Å². The summed E-state index contributed by atoms with van der Waals surface area (Å²) in [6.45, 7) is 0. The first-order chi connectivity index (χ1) is 13.7. The number of hydrogen-bond acceptors (Lipinski definition) is 3. The van der Waals surface area contributed by atoms with Gasteiger partial charge in [-0.15, -0.1) is 0 Å². The van der Waals surface area contributed by atoms with Crippen LogP contribution in [0, 0.1) is 0 Å². The van der Waals surface area contributed by atoms with Crippen molar-refractivity contribution in [2.24, 2.45) is 0 Å². The van der Waals surface area contributed by atoms with Crippen molar-refractivity contribution < 1.29 is 9.53 Å². The number of ether oxygens (including phenoxy) is 1. The van der Waals surface area contributed by atoms with Crippen LogP contribution in [0.5, 0.6) is 5.75 Å². The number of fused-ring (bicyclic) bond motifs is 1. The quantitative estimate of drug-likeness (QED) is 0.516. The molecular weight excluding hydrogens is 374 g/mol. The number of aromatic nitrogens is 2. The van der Waals surface area contributed by atoms with Crippen LogP contribution in [-0.2, 0) is 0 Å². The van der Waals surface area contributed by atoms with E-state index in [9.17, 15) is 4.79 Å². The molecule has 2 aromatic carbocycles. The van der Waals surface area contributed by atoms with Crippen LogP contribution in [0.3, 0.4) is 0 Å². The lowest BCUT2D eigenvalue weighted by Gasteiger charge is -2.22. The van der Waals surface area contributed by atoms with Gasteiger partial charge in [-0.3, -0.25) is 4.79 Å². The fourth-order valence-corrected chi connectivity index (χ4v) is 3.44. The predicted octanol–water partition coefficient (Wildman–Crippen LogP) is 4.74. The molecule has 4 aromatic rings. The van der Waals surface area contributed by atoms with Gasteiger partial charge in [0.05, 0.1) is 18.7 Å². The van der Waals surface area contributed by atoms with Crippen LogP contribution in [0.1, 0.15) is 27.5 Å². The summed E-state index contributed by atoms with van der Waals surface area (Å²) in [4.78, 5) is 20.4. The number of pyridine rings is 1. The van der Waals surface area contributed by atoms with Gasteiger partial charge in [0.2, 0.25) is 0 Å². The minimum absolute atomic E-state index is 0.196. The molecule has 0 radical (unpaired) electrons. The van der Waals surface area contributed by atoms with Gasteiger partial charge in [0.15, 0.2) is 0 Å². The molecule has 4 rings (SSSR count). The number of hydrogen-bond donors (Lipinski definition) is 2. The van der Waals surface area contributed by atoms with Gasteiger partial charge in [-0.2, -0.15) is 0 Å². The van der Waals surface area contributed by atoms with E-state index in [1.54, 1.807) is 37.7 Å². The fourth-order valence-electron chi connectivity index (χ4n) is 3.28. The second-order valence-electron chi connectivity index (χ2n) is 6.30. The molecule has 1 unspecified atom stereocenters. The van der Waals surface area contributed by atoms with Gasteiger partial charge in [0.25, 0.3) is 5.91 Å². The van der Waals surface area contributed by atoms with Crippen LogP contribution in [0.2, 0.25) is 5.02 Å². The van der Waals surface area contributed by atoms with Crippen molar-refractivity contribution in [3.8, 4) is 5.75 Å². The van der Waals surface area contributed by atoms with E-state index in [0.29, 0.717) is 22.0 Å². The standard InChI is InChI=1S/C22H18ClN3O2/c1-28-19-13-15(23)7-8-18(19)20(14-5-3-2-4-6-14)26-22(27)17-10-12-25-21-16(17)9-11-24-21/h2-13,20H,1H3,(H,24,25)(H,26,27). The average Bonchev–Trinajstić information content (AvgIpc) is 3.21. The van der Waals surface area contributed by atoms with Crippen molar-refractivity contribution in [2.75, 3.05) is 7.11 Å². The molecule has 140 valence electrons. The Hall–Kier alpha value is -3.31. The van der Waals surface area contributed by atoms with E-state index in [-0.39, 0.29) is 5.91 Å². The zero-order chi connectivity index (χ0) is 19.5. The molecule has 2 N–H and O–H groups in total. The zero-order valence-corrected chi connectivity index (χ0v) is 15.9. The number of halogens is 1. The van der Waals surface area contributed by atoms with Gasteiger partial charge in [0, 0.05) is 28.4 Å². The second-order valence-corrected chi connectivity index (χ2v) is 6.74. The van der Waals surface area contributed by atoms with Gasteiger partial charge in [-0.1, -0.05) is 48.0 Å². The molecular formula is C22H18ClN3O2. The van der Waals surface area contributed by atoms with E-state index in [1.165, 1.54) is 0 Å². The number of carbonyl (C=O) groups excluding carboxylic acids is 1. The van der Waals surface area contributed by atoms with Crippen molar-refractivity contribution >= 4 is 28.5 Å². The first kappa shape index (κ1) is 18.1. The summed E-state index contributed by atoms with van der Waals surface area (Å²) in [6, 6.07) is 18.3. The summed E-state index contributed by atoms with van der Waals surface area (Å²) >= 11 is 6.12. The summed E-state index contributed by atoms with van der Waals surface area (Å²) in [5.74, 6) is 0.418. The van der Waals surface area contributed by atoms with Crippen molar-refractivity contribution in [3.63, 3.8) is 0 Å². The minimum atomic E-state index is -0.400. The SMILES string of the molecule is COc1cc(Cl)ccc1C(NC(=O)c1ccnc2[nH]ccc12)c1ccccc1. The zero-order valence-electron chi connectivity index (χ0n) is 15.1. The fraction of sp³-hybridized carbons (Fsp3) is 0.0909. The third-order valence-electron chi connectivity index (χ3n) is 4.62. The molecule has 1 amide bonds. The Bertz CT molecular complexity index is 1130. The van der Waals surface area contributed by atoms with Crippen LogP contribution < -0.4 is 10.1 Å². The molecule has 0 bridgehead atoms. The average molecular weight is 392 g/mol. The van der Waals surface area contributed by atoms with Crippen LogP contribution >= 0.6 is 11.6 Å². The number of nitrogens with zero attached hydrogens (tertiary/aromatic N) is 1. The molecule has 0 aliphatic heterocycles. The van der Waals surface area contributed by atoms with Gasteiger partial charge in [0.1, 0.15) is 11.4 Å². The third-order valence-corrected chi connectivity index (χ3v) is 4.85. The molecule has 0 aliphatic rings. The molecule has 0 saturated heterocycles. The monoisotopic (exact) mass is 391 g/mol. The number of rotatable bonds is 5. The van der Waals surface area contributed by atoms with E-state index in [1.807, 2.05) is 42.5 Å². The molecule has 6 heteroatoms. The first-order valence-corrected chi connectivity index (χ1v) is 9.16. The van der Waals surface area contributed by atoms with E-state index in [2.05, 4.69) is 15.3 Å². The van der Waals surface area contributed by atoms with Gasteiger partial charge in [-0.25, -0.2) is 4.98 Å². The Morgan fingerprint density at radius 3 is 2.75 bits per heavy atom. The Kier molecular flexibility index (Phi) is 5.00. The lowest BCUT2D eigenvalue weighted by molar-refractivity contribution is 0.0944. The molecule has 0 saturated carbocycles. The number of benzene rings is 2. The highest BCUT2D eigenvalue weighted by Gasteiger charge is 2.22. The number of methoxy groups -OCH3 is 1. The Balaban J connectivity index is 1.77. The van der Waals surface area contributed by atoms with E-state index >= 15 is 0 Å². The molecule has 2 aromatic heterocycles. The second kappa shape index (κ2) is 7.74. The molecule has 0 fully saturated rings. The highest BCUT2D eigenvalue weighted by atomic mass is 35.5. The smallest absolute Gasteiger partial charge is 0.252 e. The van der Waals surface area contributed by atoms with E-state index in [4.69, 9.17) is 16.3 Å². The molecule has 28 heavy (non-hydrogen) atoms. The highest BCUT2D eigenvalue weighted by Crippen LogP contribution is 2.32. The van der Waals surface area contributed by atoms with Crippen molar-refractivity contribution in [2.45, 2.75) is 6.04 Å². The normalized spacial score (nSPS) is 11.9. The predicted molar refractivity (Wildman–Crippen MR) is 110 cm³/mol. The Morgan fingerprint density at radius 1 is 1.14 bits per heavy atom. The van der Waals surface area contributed by atoms with E-state index < -0.39 is 6.04 Å². The maximum Gasteiger partial charge on any atom is 0.252 e. The van der Waals surface area contributed by atoms with Crippen LogP contribution in [-0.4, -0.2) is 23.0 Å². The molecule has 5 nitrogen and oxygen atoms in total. The Morgan fingerprint density at radius 2 is 1.96 bits per heavy atom. The molecule has 0 aliphatic carbocycles. The summed E-state index contributed by atoms with van der Waals surface area (Å²) in [5, 5.41) is 4.48. The van der Waals surface area contributed by atoms with Gasteiger partial charge >= 0.3 is 0 Å². The molecule has 2 heterocycles. The summed E-state index contributed by atoms with van der Waals surface area (Å²) in [5.41, 5.74) is 3.00. The number of H-pyrrole nitrogens is 1.